The number of fused-ring (bicyclic) bond motifs is 1. The fourth-order valence-electron chi connectivity index (χ4n) is 2.18. The highest BCUT2D eigenvalue weighted by Crippen LogP contribution is 2.40. The van der Waals surface area contributed by atoms with Gasteiger partial charge in [-0.05, 0) is 32.4 Å². The van der Waals surface area contributed by atoms with Crippen LogP contribution in [0, 0.1) is 0 Å². The van der Waals surface area contributed by atoms with Gasteiger partial charge in [-0.3, -0.25) is 9.59 Å². The number of amides is 1. The Kier molecular flexibility index (Phi) is 2.34. The second kappa shape index (κ2) is 3.44. The van der Waals surface area contributed by atoms with Gasteiger partial charge in [0.2, 0.25) is 5.91 Å². The quantitative estimate of drug-likeness (QED) is 0.758. The van der Waals surface area contributed by atoms with E-state index in [9.17, 15) is 9.59 Å². The molecule has 0 bridgehead atoms. The van der Waals surface area contributed by atoms with Gasteiger partial charge < -0.3 is 4.90 Å². The molecule has 2 rings (SSSR count). The molecule has 1 aliphatic heterocycles. The third kappa shape index (κ3) is 1.43. The van der Waals surface area contributed by atoms with Crippen LogP contribution in [0.3, 0.4) is 0 Å². The molecule has 0 fully saturated rings. The number of hydrogen-bond donors (Lipinski definition) is 0. The third-order valence-corrected chi connectivity index (χ3v) is 3.03. The van der Waals surface area contributed by atoms with E-state index in [0.717, 1.165) is 11.3 Å². The van der Waals surface area contributed by atoms with Crippen LogP contribution in [-0.2, 0) is 15.0 Å². The van der Waals surface area contributed by atoms with Gasteiger partial charge >= 0.3 is 0 Å². The number of Topliss-reactive ketones (excluding diaryl/α,β-unsaturated/α-hetero) is 1. The Morgan fingerprint density at radius 3 is 2.56 bits per heavy atom. The standard InChI is InChI=1S/C13H15NO2/c1-9(15)8-14-11-7-5-4-6-10(11)13(2,3)12(14)16/h4-7H,8H2,1-3H3. The molecule has 1 amide bonds. The van der Waals surface area contributed by atoms with E-state index < -0.39 is 5.41 Å². The number of para-hydroxylation sites is 1. The van der Waals surface area contributed by atoms with Gasteiger partial charge in [0.25, 0.3) is 0 Å². The lowest BCUT2D eigenvalue weighted by molar-refractivity contribution is -0.124. The first kappa shape index (κ1) is 10.9. The Morgan fingerprint density at radius 1 is 1.31 bits per heavy atom. The lowest BCUT2D eigenvalue weighted by Crippen LogP contribution is -2.38. The minimum absolute atomic E-state index is 0.000790. The van der Waals surface area contributed by atoms with Crippen LogP contribution < -0.4 is 4.90 Å². The number of ketones is 1. The molecular weight excluding hydrogens is 202 g/mol. The topological polar surface area (TPSA) is 37.4 Å². The third-order valence-electron chi connectivity index (χ3n) is 3.03. The van der Waals surface area contributed by atoms with Crippen molar-refractivity contribution in [1.29, 1.82) is 0 Å². The van der Waals surface area contributed by atoms with Crippen LogP contribution in [0.15, 0.2) is 24.3 Å². The zero-order valence-electron chi connectivity index (χ0n) is 9.78. The average molecular weight is 217 g/mol. The van der Waals surface area contributed by atoms with Crippen molar-refractivity contribution < 1.29 is 9.59 Å². The Labute approximate surface area is 95.1 Å². The molecule has 0 saturated heterocycles. The van der Waals surface area contributed by atoms with E-state index in [1.807, 2.05) is 38.1 Å². The van der Waals surface area contributed by atoms with Gasteiger partial charge in [-0.25, -0.2) is 0 Å². The molecule has 0 N–H and O–H groups in total. The number of benzene rings is 1. The number of carbonyl (C=O) groups is 2. The van der Waals surface area contributed by atoms with E-state index in [-0.39, 0.29) is 18.2 Å². The zero-order chi connectivity index (χ0) is 11.9. The fourth-order valence-corrected chi connectivity index (χ4v) is 2.18. The molecule has 0 atom stereocenters. The number of nitrogens with zero attached hydrogens (tertiary/aromatic N) is 1. The molecule has 16 heavy (non-hydrogen) atoms. The van der Waals surface area contributed by atoms with Gasteiger partial charge in [0.15, 0.2) is 0 Å². The second-order valence-corrected chi connectivity index (χ2v) is 4.74. The van der Waals surface area contributed by atoms with Gasteiger partial charge in [0.05, 0.1) is 12.0 Å². The van der Waals surface area contributed by atoms with E-state index in [0.29, 0.717) is 0 Å². The second-order valence-electron chi connectivity index (χ2n) is 4.74. The Hall–Kier alpha value is -1.64. The van der Waals surface area contributed by atoms with Crippen LogP contribution in [0.4, 0.5) is 5.69 Å². The number of anilines is 1. The first-order valence-corrected chi connectivity index (χ1v) is 5.35. The summed E-state index contributed by atoms with van der Waals surface area (Å²) >= 11 is 0. The van der Waals surface area contributed by atoms with Crippen LogP contribution in [0.25, 0.3) is 0 Å². The predicted molar refractivity (Wildman–Crippen MR) is 62.5 cm³/mol. The molecule has 84 valence electrons. The minimum Gasteiger partial charge on any atom is -0.304 e. The first-order chi connectivity index (χ1) is 7.44. The molecule has 3 nitrogen and oxygen atoms in total. The normalized spacial score (nSPS) is 17.4. The van der Waals surface area contributed by atoms with Crippen molar-refractivity contribution in [3.63, 3.8) is 0 Å². The maximum atomic E-state index is 12.2. The molecule has 1 aromatic rings. The van der Waals surface area contributed by atoms with Crippen molar-refractivity contribution in [3.8, 4) is 0 Å². The molecular formula is C13H15NO2. The molecule has 0 spiro atoms. The van der Waals surface area contributed by atoms with Gasteiger partial charge in [0, 0.05) is 5.69 Å². The molecule has 1 aromatic carbocycles. The monoisotopic (exact) mass is 217 g/mol. The lowest BCUT2D eigenvalue weighted by atomic mass is 9.86. The zero-order valence-corrected chi connectivity index (χ0v) is 9.78. The smallest absolute Gasteiger partial charge is 0.237 e. The number of hydrogen-bond acceptors (Lipinski definition) is 2. The molecule has 1 aliphatic rings. The summed E-state index contributed by atoms with van der Waals surface area (Å²) < 4.78 is 0. The van der Waals surface area contributed by atoms with Crippen LogP contribution in [0.1, 0.15) is 26.3 Å². The highest BCUT2D eigenvalue weighted by molar-refractivity contribution is 6.10. The molecule has 0 aromatic heterocycles. The molecule has 0 radical (unpaired) electrons. The fraction of sp³-hybridized carbons (Fsp3) is 0.385. The van der Waals surface area contributed by atoms with Crippen molar-refractivity contribution in [2.24, 2.45) is 0 Å². The van der Waals surface area contributed by atoms with E-state index in [1.165, 1.54) is 6.92 Å². The summed E-state index contributed by atoms with van der Waals surface area (Å²) in [4.78, 5) is 24.9. The average Bonchev–Trinajstić information content (AvgIpc) is 2.41. The highest BCUT2D eigenvalue weighted by atomic mass is 16.2. The maximum Gasteiger partial charge on any atom is 0.237 e. The number of rotatable bonds is 2. The van der Waals surface area contributed by atoms with Gasteiger partial charge in [-0.1, -0.05) is 18.2 Å². The molecule has 3 heteroatoms. The van der Waals surface area contributed by atoms with Crippen molar-refractivity contribution in [3.05, 3.63) is 29.8 Å². The highest BCUT2D eigenvalue weighted by Gasteiger charge is 2.43. The molecule has 0 unspecified atom stereocenters. The Bertz CT molecular complexity index is 463. The summed E-state index contributed by atoms with van der Waals surface area (Å²) in [6, 6.07) is 7.66. The first-order valence-electron chi connectivity index (χ1n) is 5.35. The van der Waals surface area contributed by atoms with Crippen LogP contribution in [-0.4, -0.2) is 18.2 Å². The van der Waals surface area contributed by atoms with E-state index in [2.05, 4.69) is 0 Å². The summed E-state index contributed by atoms with van der Waals surface area (Å²) in [6.07, 6.45) is 0. The van der Waals surface area contributed by atoms with Crippen LogP contribution in [0.5, 0.6) is 0 Å². The van der Waals surface area contributed by atoms with Gasteiger partial charge in [-0.15, -0.1) is 0 Å². The predicted octanol–water partition coefficient (Wildman–Crippen LogP) is 1.90. The van der Waals surface area contributed by atoms with Crippen LogP contribution in [0.2, 0.25) is 0 Å². The van der Waals surface area contributed by atoms with Crippen LogP contribution >= 0.6 is 0 Å². The summed E-state index contributed by atoms with van der Waals surface area (Å²) in [5, 5.41) is 0. The van der Waals surface area contributed by atoms with Crippen molar-refractivity contribution >= 4 is 17.4 Å². The van der Waals surface area contributed by atoms with Crippen molar-refractivity contribution in [2.75, 3.05) is 11.4 Å². The Balaban J connectivity index is 2.51. The molecule has 1 heterocycles. The Morgan fingerprint density at radius 2 is 1.94 bits per heavy atom. The van der Waals surface area contributed by atoms with Crippen molar-refractivity contribution in [2.45, 2.75) is 26.2 Å². The van der Waals surface area contributed by atoms with E-state index >= 15 is 0 Å². The van der Waals surface area contributed by atoms with Gasteiger partial charge in [-0.2, -0.15) is 0 Å². The lowest BCUT2D eigenvalue weighted by Gasteiger charge is -2.19. The molecule has 0 saturated carbocycles. The van der Waals surface area contributed by atoms with Crippen molar-refractivity contribution in [1.82, 2.24) is 0 Å². The summed E-state index contributed by atoms with van der Waals surface area (Å²) in [7, 11) is 0. The minimum atomic E-state index is -0.522. The molecule has 0 aliphatic carbocycles. The SMILES string of the molecule is CC(=O)CN1C(=O)C(C)(C)c2ccccc21. The summed E-state index contributed by atoms with van der Waals surface area (Å²) in [6.45, 7) is 5.46. The summed E-state index contributed by atoms with van der Waals surface area (Å²) in [5.41, 5.74) is 1.35. The number of carbonyl (C=O) groups excluding carboxylic acids is 2. The maximum absolute atomic E-state index is 12.2. The largest absolute Gasteiger partial charge is 0.304 e. The van der Waals surface area contributed by atoms with E-state index in [4.69, 9.17) is 0 Å². The van der Waals surface area contributed by atoms with E-state index in [1.54, 1.807) is 4.90 Å². The van der Waals surface area contributed by atoms with Gasteiger partial charge in [0.1, 0.15) is 5.78 Å². The summed E-state index contributed by atoms with van der Waals surface area (Å²) in [5.74, 6) is 0.00440.